The number of likely N-dealkylation sites (N-methyl/N-ethyl adjacent to an activating group) is 2. The van der Waals surface area contributed by atoms with Gasteiger partial charge in [0.2, 0.25) is 0 Å². The van der Waals surface area contributed by atoms with Gasteiger partial charge in [-0.05, 0) is 0 Å². The molecule has 0 bridgehead atoms. The molecule has 2 amide bonds. The van der Waals surface area contributed by atoms with Crippen molar-refractivity contribution in [3.8, 4) is 0 Å². The topological polar surface area (TPSA) is 90.6 Å². The first-order chi connectivity index (χ1) is 12.0. The number of rotatable bonds is 2. The highest BCUT2D eigenvalue weighted by Crippen LogP contribution is 2.53. The minimum atomic E-state index is -1.02. The predicted octanol–water partition coefficient (Wildman–Crippen LogP) is 0.494. The number of hydrazine groups is 1. The van der Waals surface area contributed by atoms with Crippen LogP contribution in [0.4, 0.5) is 4.79 Å². The summed E-state index contributed by atoms with van der Waals surface area (Å²) in [6.07, 6.45) is 0. The molecule has 1 saturated heterocycles. The first kappa shape index (κ1) is 15.3. The summed E-state index contributed by atoms with van der Waals surface area (Å²) < 4.78 is 1.46. The van der Waals surface area contributed by atoms with Crippen LogP contribution in [0.15, 0.2) is 60.7 Å². The van der Waals surface area contributed by atoms with Gasteiger partial charge in [-0.25, -0.2) is 10.1 Å². The molecular formula is C18H21N6O+. The Morgan fingerprint density at radius 1 is 0.920 bits per heavy atom. The van der Waals surface area contributed by atoms with E-state index in [1.54, 1.807) is 23.9 Å². The molecule has 0 unspecified atom stereocenters. The largest absolute Gasteiger partial charge is 0.370 e. The van der Waals surface area contributed by atoms with E-state index < -0.39 is 11.3 Å². The maximum atomic E-state index is 13.0. The quantitative estimate of drug-likeness (QED) is 0.550. The minimum Gasteiger partial charge on any atom is -0.291 e. The van der Waals surface area contributed by atoms with Crippen molar-refractivity contribution in [1.82, 2.24) is 15.1 Å². The number of fused-ring (bicyclic) bond motifs is 1. The molecule has 2 aromatic carbocycles. The van der Waals surface area contributed by atoms with E-state index in [9.17, 15) is 4.79 Å². The Labute approximate surface area is 146 Å². The fourth-order valence-electron chi connectivity index (χ4n) is 4.27. The highest BCUT2D eigenvalue weighted by Gasteiger charge is 2.77. The number of nitrogens with two attached hydrogens (primary N) is 2. The Morgan fingerprint density at radius 2 is 1.44 bits per heavy atom. The van der Waals surface area contributed by atoms with E-state index in [2.05, 4.69) is 5.32 Å². The number of benzene rings is 2. The lowest BCUT2D eigenvalue weighted by molar-refractivity contribution is -0.654. The molecule has 5 N–H and O–H groups in total. The van der Waals surface area contributed by atoms with Gasteiger partial charge in [-0.15, -0.1) is 4.68 Å². The average molecular weight is 337 g/mol. The molecule has 7 nitrogen and oxygen atoms in total. The molecule has 7 heteroatoms. The van der Waals surface area contributed by atoms with E-state index in [1.807, 2.05) is 60.7 Å². The van der Waals surface area contributed by atoms with Gasteiger partial charge >= 0.3 is 12.0 Å². The second-order valence-corrected chi connectivity index (χ2v) is 6.40. The van der Waals surface area contributed by atoms with E-state index in [1.165, 1.54) is 4.68 Å². The normalized spacial score (nSPS) is 28.3. The number of carbonyl (C=O) groups is 1. The maximum Gasteiger partial charge on any atom is 0.370 e. The van der Waals surface area contributed by atoms with Crippen LogP contribution in [0.2, 0.25) is 0 Å². The molecule has 2 atom stereocenters. The fraction of sp³-hybridized carbons (Fsp3) is 0.222. The lowest BCUT2D eigenvalue weighted by atomic mass is 9.81. The van der Waals surface area contributed by atoms with Gasteiger partial charge in [-0.2, -0.15) is 0 Å². The summed E-state index contributed by atoms with van der Waals surface area (Å²) in [6, 6.07) is 19.3. The summed E-state index contributed by atoms with van der Waals surface area (Å²) in [4.78, 5) is 16.3. The SMILES string of the molecule is CN1C(=O)N(C)[C@]2(c3ccccc3)[N+](N)=C(N)N[C@]12c1ccccc1. The van der Waals surface area contributed by atoms with Gasteiger partial charge in [0.1, 0.15) is 0 Å². The second-order valence-electron chi connectivity index (χ2n) is 6.40. The van der Waals surface area contributed by atoms with Crippen LogP contribution >= 0.6 is 0 Å². The van der Waals surface area contributed by atoms with E-state index in [-0.39, 0.29) is 6.03 Å². The molecular weight excluding hydrogens is 316 g/mol. The zero-order chi connectivity index (χ0) is 17.8. The summed E-state index contributed by atoms with van der Waals surface area (Å²) in [5.74, 6) is 6.76. The van der Waals surface area contributed by atoms with Crippen LogP contribution < -0.4 is 16.9 Å². The molecule has 0 aromatic heterocycles. The van der Waals surface area contributed by atoms with Crippen LogP contribution in [-0.4, -0.2) is 40.6 Å². The highest BCUT2D eigenvalue weighted by molar-refractivity contribution is 5.85. The Morgan fingerprint density at radius 3 is 2.00 bits per heavy atom. The van der Waals surface area contributed by atoms with Crippen molar-refractivity contribution in [3.63, 3.8) is 0 Å². The molecule has 2 aliphatic rings. The number of hydrazone groups is 1. The van der Waals surface area contributed by atoms with Gasteiger partial charge in [-0.3, -0.25) is 21.4 Å². The molecule has 2 aromatic rings. The van der Waals surface area contributed by atoms with Crippen molar-refractivity contribution in [2.24, 2.45) is 11.6 Å². The van der Waals surface area contributed by atoms with Gasteiger partial charge < -0.3 is 0 Å². The van der Waals surface area contributed by atoms with E-state index in [0.717, 1.165) is 11.1 Å². The lowest BCUT2D eigenvalue weighted by Gasteiger charge is -2.40. The van der Waals surface area contributed by atoms with Gasteiger partial charge in [0, 0.05) is 25.2 Å². The Kier molecular flexibility index (Phi) is 3.00. The van der Waals surface area contributed by atoms with Crippen LogP contribution in [0.1, 0.15) is 11.1 Å². The van der Waals surface area contributed by atoms with Crippen molar-refractivity contribution in [1.29, 1.82) is 0 Å². The fourth-order valence-corrected chi connectivity index (χ4v) is 4.27. The molecule has 0 radical (unpaired) electrons. The number of nitrogens with one attached hydrogen (secondary N) is 1. The summed E-state index contributed by atoms with van der Waals surface area (Å²) >= 11 is 0. The highest BCUT2D eigenvalue weighted by atomic mass is 16.2. The van der Waals surface area contributed by atoms with Crippen molar-refractivity contribution >= 4 is 12.0 Å². The molecule has 128 valence electrons. The average Bonchev–Trinajstić information content (AvgIpc) is 2.99. The molecule has 0 spiro atoms. The predicted molar refractivity (Wildman–Crippen MR) is 93.9 cm³/mol. The van der Waals surface area contributed by atoms with Crippen LogP contribution in [0.5, 0.6) is 0 Å². The van der Waals surface area contributed by atoms with E-state index in [4.69, 9.17) is 11.6 Å². The van der Waals surface area contributed by atoms with Crippen LogP contribution in [-0.2, 0) is 11.3 Å². The Balaban J connectivity index is 2.12. The van der Waals surface area contributed by atoms with Crippen molar-refractivity contribution in [2.75, 3.05) is 14.1 Å². The van der Waals surface area contributed by atoms with Crippen LogP contribution in [0.25, 0.3) is 0 Å². The van der Waals surface area contributed by atoms with E-state index in [0.29, 0.717) is 5.96 Å². The number of hydrogen-bond donors (Lipinski definition) is 3. The Hall–Kier alpha value is -3.22. The zero-order valence-electron chi connectivity index (χ0n) is 14.2. The van der Waals surface area contributed by atoms with Crippen molar-refractivity contribution < 1.29 is 9.48 Å². The van der Waals surface area contributed by atoms with Gasteiger partial charge in [0.15, 0.2) is 0 Å². The zero-order valence-corrected chi connectivity index (χ0v) is 14.2. The van der Waals surface area contributed by atoms with Gasteiger partial charge in [-0.1, -0.05) is 60.7 Å². The number of urea groups is 1. The maximum absolute atomic E-state index is 13.0. The Bertz CT molecular complexity index is 868. The molecule has 25 heavy (non-hydrogen) atoms. The number of amides is 2. The standard InChI is InChI=1S/C18H20N6O/c1-22-16(25)23(2)18(14-11-7-4-8-12-14)17(22,21-15(19)24(18)20)13-9-5-3-6-10-13/h3-12H,20H2,1-2H3,(H2,19,21)/p+1/t17-,18-/m1/s1. The van der Waals surface area contributed by atoms with E-state index >= 15 is 0 Å². The van der Waals surface area contributed by atoms with Crippen LogP contribution in [0, 0.1) is 0 Å². The van der Waals surface area contributed by atoms with Crippen LogP contribution in [0.3, 0.4) is 0 Å². The third kappa shape index (κ3) is 1.55. The second kappa shape index (κ2) is 4.89. The van der Waals surface area contributed by atoms with Crippen molar-refractivity contribution in [2.45, 2.75) is 11.3 Å². The van der Waals surface area contributed by atoms with Gasteiger partial charge in [0.25, 0.3) is 11.3 Å². The molecule has 2 heterocycles. The first-order valence-electron chi connectivity index (χ1n) is 8.06. The molecule has 0 saturated carbocycles. The summed E-state index contributed by atoms with van der Waals surface area (Å²) in [5.41, 5.74) is 6.01. The monoisotopic (exact) mass is 337 g/mol. The number of guanidine groups is 1. The summed E-state index contributed by atoms with van der Waals surface area (Å²) in [6.45, 7) is 0. The van der Waals surface area contributed by atoms with Crippen molar-refractivity contribution in [3.05, 3.63) is 71.8 Å². The molecule has 1 fully saturated rings. The molecule has 2 aliphatic heterocycles. The number of nitrogens with zero attached hydrogens (tertiary/aromatic N) is 3. The number of carbonyl (C=O) groups excluding carboxylic acids is 1. The lowest BCUT2D eigenvalue weighted by Crippen LogP contribution is -2.63. The summed E-state index contributed by atoms with van der Waals surface area (Å²) in [5, 5.41) is 3.30. The number of hydrogen-bond acceptors (Lipinski definition) is 4. The molecule has 4 rings (SSSR count). The molecule has 0 aliphatic carbocycles. The van der Waals surface area contributed by atoms with Gasteiger partial charge in [0.05, 0.1) is 0 Å². The minimum absolute atomic E-state index is 0.150. The smallest absolute Gasteiger partial charge is 0.291 e. The first-order valence-corrected chi connectivity index (χ1v) is 8.06. The third-order valence-corrected chi connectivity index (χ3v) is 5.35. The third-order valence-electron chi connectivity index (χ3n) is 5.35. The summed E-state index contributed by atoms with van der Waals surface area (Å²) in [7, 11) is 3.51.